The standard InChI is InChI=1S/C16H34N2O/c1-14(2)17-12-16(8-6-7-15(3)11-16)13-18(4)9-10-19-5/h14-15,17H,6-13H2,1-5H3. The van der Waals surface area contributed by atoms with Gasteiger partial charge in [0.25, 0.3) is 0 Å². The van der Waals surface area contributed by atoms with Crippen molar-refractivity contribution in [1.82, 2.24) is 10.2 Å². The van der Waals surface area contributed by atoms with Gasteiger partial charge in [0.1, 0.15) is 0 Å². The third-order valence-corrected chi connectivity index (χ3v) is 4.35. The fraction of sp³-hybridized carbons (Fsp3) is 1.00. The molecule has 3 heteroatoms. The van der Waals surface area contributed by atoms with Gasteiger partial charge in [-0.1, -0.05) is 33.6 Å². The number of ether oxygens (including phenoxy) is 1. The molecule has 0 saturated heterocycles. The van der Waals surface area contributed by atoms with E-state index in [1.807, 2.05) is 0 Å². The molecule has 0 spiro atoms. The largest absolute Gasteiger partial charge is 0.383 e. The van der Waals surface area contributed by atoms with Crippen LogP contribution in [-0.4, -0.2) is 51.3 Å². The van der Waals surface area contributed by atoms with Gasteiger partial charge < -0.3 is 15.0 Å². The average molecular weight is 270 g/mol. The topological polar surface area (TPSA) is 24.5 Å². The Hall–Kier alpha value is -0.120. The number of nitrogens with one attached hydrogen (secondary N) is 1. The first kappa shape index (κ1) is 16.9. The summed E-state index contributed by atoms with van der Waals surface area (Å²) in [4.78, 5) is 2.45. The van der Waals surface area contributed by atoms with Crippen LogP contribution in [0, 0.1) is 11.3 Å². The quantitative estimate of drug-likeness (QED) is 0.734. The minimum absolute atomic E-state index is 0.463. The van der Waals surface area contributed by atoms with Gasteiger partial charge in [-0.15, -0.1) is 0 Å². The van der Waals surface area contributed by atoms with Gasteiger partial charge in [-0.05, 0) is 31.2 Å². The van der Waals surface area contributed by atoms with Crippen LogP contribution in [0.2, 0.25) is 0 Å². The summed E-state index contributed by atoms with van der Waals surface area (Å²) in [6, 6.07) is 0.582. The van der Waals surface area contributed by atoms with Gasteiger partial charge in [0.2, 0.25) is 0 Å². The van der Waals surface area contributed by atoms with E-state index in [1.165, 1.54) is 32.2 Å². The van der Waals surface area contributed by atoms with Crippen LogP contribution in [0.4, 0.5) is 0 Å². The summed E-state index contributed by atoms with van der Waals surface area (Å²) in [5.41, 5.74) is 0.463. The highest BCUT2D eigenvalue weighted by Crippen LogP contribution is 2.39. The molecule has 0 aliphatic heterocycles. The molecule has 19 heavy (non-hydrogen) atoms. The maximum absolute atomic E-state index is 5.20. The Kier molecular flexibility index (Phi) is 7.33. The molecule has 0 heterocycles. The molecule has 2 atom stereocenters. The summed E-state index contributed by atoms with van der Waals surface area (Å²) >= 11 is 0. The Morgan fingerprint density at radius 1 is 1.42 bits per heavy atom. The van der Waals surface area contributed by atoms with Crippen molar-refractivity contribution < 1.29 is 4.74 Å². The number of likely N-dealkylation sites (N-methyl/N-ethyl adjacent to an activating group) is 1. The molecule has 1 rings (SSSR count). The molecule has 114 valence electrons. The molecule has 0 aromatic carbocycles. The summed E-state index contributed by atoms with van der Waals surface area (Å²) in [7, 11) is 4.02. The second kappa shape index (κ2) is 8.23. The van der Waals surface area contributed by atoms with Crippen molar-refractivity contribution in [3.05, 3.63) is 0 Å². The highest BCUT2D eigenvalue weighted by atomic mass is 16.5. The van der Waals surface area contributed by atoms with Crippen LogP contribution in [-0.2, 0) is 4.74 Å². The van der Waals surface area contributed by atoms with Gasteiger partial charge in [-0.25, -0.2) is 0 Å². The lowest BCUT2D eigenvalue weighted by molar-refractivity contribution is 0.0748. The predicted octanol–water partition coefficient (Wildman–Crippen LogP) is 2.76. The van der Waals surface area contributed by atoms with E-state index in [9.17, 15) is 0 Å². The normalized spacial score (nSPS) is 28.3. The van der Waals surface area contributed by atoms with Crippen molar-refractivity contribution in [2.75, 3.05) is 40.4 Å². The summed E-state index contributed by atoms with van der Waals surface area (Å²) in [6.45, 7) is 11.1. The lowest BCUT2D eigenvalue weighted by Crippen LogP contribution is -2.47. The van der Waals surface area contributed by atoms with E-state index in [0.29, 0.717) is 11.5 Å². The SMILES string of the molecule is COCCN(C)CC1(CNC(C)C)CCCC(C)C1. The number of methoxy groups -OCH3 is 1. The molecule has 3 nitrogen and oxygen atoms in total. The summed E-state index contributed by atoms with van der Waals surface area (Å²) < 4.78 is 5.20. The van der Waals surface area contributed by atoms with Gasteiger partial charge in [0.05, 0.1) is 6.61 Å². The van der Waals surface area contributed by atoms with Gasteiger partial charge in [0.15, 0.2) is 0 Å². The van der Waals surface area contributed by atoms with Crippen LogP contribution in [0.3, 0.4) is 0 Å². The zero-order chi connectivity index (χ0) is 14.3. The Balaban J connectivity index is 2.57. The smallest absolute Gasteiger partial charge is 0.0589 e. The lowest BCUT2D eigenvalue weighted by atomic mass is 9.69. The Bertz CT molecular complexity index is 245. The monoisotopic (exact) mass is 270 g/mol. The van der Waals surface area contributed by atoms with Crippen molar-refractivity contribution in [3.63, 3.8) is 0 Å². The van der Waals surface area contributed by atoms with Crippen molar-refractivity contribution in [2.45, 2.75) is 52.5 Å². The van der Waals surface area contributed by atoms with Crippen LogP contribution in [0.5, 0.6) is 0 Å². The molecule has 1 aliphatic rings. The van der Waals surface area contributed by atoms with Crippen LogP contribution in [0.1, 0.15) is 46.5 Å². The molecule has 1 aliphatic carbocycles. The highest BCUT2D eigenvalue weighted by Gasteiger charge is 2.35. The first-order valence-corrected chi connectivity index (χ1v) is 7.88. The van der Waals surface area contributed by atoms with Gasteiger partial charge in [0, 0.05) is 32.8 Å². The average Bonchev–Trinajstić information content (AvgIpc) is 2.34. The van der Waals surface area contributed by atoms with Crippen molar-refractivity contribution >= 4 is 0 Å². The fourth-order valence-corrected chi connectivity index (χ4v) is 3.45. The van der Waals surface area contributed by atoms with Crippen molar-refractivity contribution in [1.29, 1.82) is 0 Å². The molecule has 1 N–H and O–H groups in total. The number of hydrogen-bond donors (Lipinski definition) is 1. The van der Waals surface area contributed by atoms with Crippen molar-refractivity contribution in [2.24, 2.45) is 11.3 Å². The van der Waals surface area contributed by atoms with E-state index in [0.717, 1.165) is 25.6 Å². The molecule has 0 bridgehead atoms. The van der Waals surface area contributed by atoms with E-state index in [-0.39, 0.29) is 0 Å². The lowest BCUT2D eigenvalue weighted by Gasteiger charge is -2.43. The van der Waals surface area contributed by atoms with Crippen LogP contribution < -0.4 is 5.32 Å². The number of nitrogens with zero attached hydrogens (tertiary/aromatic N) is 1. The van der Waals surface area contributed by atoms with E-state index in [4.69, 9.17) is 4.74 Å². The maximum Gasteiger partial charge on any atom is 0.0589 e. The van der Waals surface area contributed by atoms with E-state index in [1.54, 1.807) is 7.11 Å². The first-order valence-electron chi connectivity index (χ1n) is 7.88. The van der Waals surface area contributed by atoms with E-state index < -0.39 is 0 Å². The fourth-order valence-electron chi connectivity index (χ4n) is 3.45. The zero-order valence-electron chi connectivity index (χ0n) is 13.7. The van der Waals surface area contributed by atoms with Crippen molar-refractivity contribution in [3.8, 4) is 0 Å². The Morgan fingerprint density at radius 3 is 2.74 bits per heavy atom. The second-order valence-corrected chi connectivity index (χ2v) is 6.97. The molecule has 1 fully saturated rings. The molecule has 1 saturated carbocycles. The third-order valence-electron chi connectivity index (χ3n) is 4.35. The zero-order valence-corrected chi connectivity index (χ0v) is 13.7. The number of rotatable bonds is 8. The molecule has 2 unspecified atom stereocenters. The Morgan fingerprint density at radius 2 is 2.16 bits per heavy atom. The summed E-state index contributed by atoms with van der Waals surface area (Å²) in [5, 5.41) is 3.68. The molecular weight excluding hydrogens is 236 g/mol. The van der Waals surface area contributed by atoms with E-state index >= 15 is 0 Å². The van der Waals surface area contributed by atoms with E-state index in [2.05, 4.69) is 38.0 Å². The number of hydrogen-bond acceptors (Lipinski definition) is 3. The molecular formula is C16H34N2O. The van der Waals surface area contributed by atoms with Gasteiger partial charge >= 0.3 is 0 Å². The molecule has 0 amide bonds. The molecule has 0 aromatic rings. The van der Waals surface area contributed by atoms with Crippen LogP contribution in [0.25, 0.3) is 0 Å². The third kappa shape index (κ3) is 6.24. The van der Waals surface area contributed by atoms with Gasteiger partial charge in [-0.2, -0.15) is 0 Å². The van der Waals surface area contributed by atoms with Crippen LogP contribution >= 0.6 is 0 Å². The minimum Gasteiger partial charge on any atom is -0.383 e. The van der Waals surface area contributed by atoms with Crippen LogP contribution in [0.15, 0.2) is 0 Å². The molecule has 0 aromatic heterocycles. The summed E-state index contributed by atoms with van der Waals surface area (Å²) in [6.07, 6.45) is 5.53. The maximum atomic E-state index is 5.20. The molecule has 0 radical (unpaired) electrons. The summed E-state index contributed by atoms with van der Waals surface area (Å²) in [5.74, 6) is 0.874. The minimum atomic E-state index is 0.463. The first-order chi connectivity index (χ1) is 8.97. The van der Waals surface area contributed by atoms with Gasteiger partial charge in [-0.3, -0.25) is 0 Å². The highest BCUT2D eigenvalue weighted by molar-refractivity contribution is 4.89. The predicted molar refractivity (Wildman–Crippen MR) is 82.6 cm³/mol. The Labute approximate surface area is 120 Å². The second-order valence-electron chi connectivity index (χ2n) is 6.97.